The number of nitrogens with one attached hydrogen (secondary N) is 1. The predicted octanol–water partition coefficient (Wildman–Crippen LogP) is 8.63. The van der Waals surface area contributed by atoms with Gasteiger partial charge in [0.1, 0.15) is 17.0 Å². The largest absolute Gasteiger partial charge is 0.361 e. The van der Waals surface area contributed by atoms with Gasteiger partial charge >= 0.3 is 0 Å². The van der Waals surface area contributed by atoms with Crippen LogP contribution in [0.4, 0.5) is 0 Å². The van der Waals surface area contributed by atoms with Gasteiger partial charge in [0.15, 0.2) is 0 Å². The number of halogens is 1. The molecular formula is C43H49IN8O4S. The first-order valence-corrected chi connectivity index (χ1v) is 22.2. The third kappa shape index (κ3) is 8.05. The molecule has 57 heavy (non-hydrogen) atoms. The number of hydrogen-bond acceptors (Lipinski definition) is 9. The number of pyridine rings is 2. The molecule has 298 valence electrons. The fraction of sp³-hybridized carbons (Fsp3) is 0.395. The van der Waals surface area contributed by atoms with E-state index < -0.39 is 10.0 Å². The monoisotopic (exact) mass is 900 g/mol. The lowest BCUT2D eigenvalue weighted by atomic mass is 9.98. The highest BCUT2D eigenvalue weighted by Gasteiger charge is 2.30. The first kappa shape index (κ1) is 39.4. The number of rotatable bonds is 8. The molecule has 0 unspecified atom stereocenters. The smallest absolute Gasteiger partial charge is 0.243 e. The Balaban J connectivity index is 0.000000168. The Kier molecular flexibility index (Phi) is 11.4. The van der Waals surface area contributed by atoms with Crippen LogP contribution >= 0.6 is 22.6 Å². The Bertz CT molecular complexity index is 2590. The van der Waals surface area contributed by atoms with E-state index in [1.165, 1.54) is 21.9 Å². The van der Waals surface area contributed by atoms with Gasteiger partial charge in [-0.15, -0.1) is 0 Å². The molecule has 2 aliphatic heterocycles. The van der Waals surface area contributed by atoms with Gasteiger partial charge < -0.3 is 23.5 Å². The summed E-state index contributed by atoms with van der Waals surface area (Å²) in [5.74, 6) is 2.78. The van der Waals surface area contributed by atoms with Crippen LogP contribution in [0.5, 0.6) is 0 Å². The minimum atomic E-state index is -3.43. The SMILES string of the molecule is Cc1noc(C)c1-c1cnc2c(C)cn(CC3CCN(S(=O)(=O)c4ccccc4)CC3)c2c1.Cc1noc(C)c1-c1cnc2c(I)cn(CC3CCNCC3)c2c1. The molecule has 0 amide bonds. The van der Waals surface area contributed by atoms with Crippen molar-refractivity contribution in [2.24, 2.45) is 11.8 Å². The summed E-state index contributed by atoms with van der Waals surface area (Å²) >= 11 is 2.39. The second kappa shape index (κ2) is 16.5. The van der Waals surface area contributed by atoms with Crippen LogP contribution in [0.1, 0.15) is 54.2 Å². The molecule has 9 rings (SSSR count). The highest BCUT2D eigenvalue weighted by Crippen LogP contribution is 2.33. The number of hydrogen-bond donors (Lipinski definition) is 1. The van der Waals surface area contributed by atoms with E-state index in [9.17, 15) is 8.42 Å². The van der Waals surface area contributed by atoms with Gasteiger partial charge in [0.05, 0.1) is 36.4 Å². The minimum Gasteiger partial charge on any atom is -0.361 e. The Labute approximate surface area is 347 Å². The van der Waals surface area contributed by atoms with E-state index >= 15 is 0 Å². The number of fused-ring (bicyclic) bond motifs is 2. The molecule has 0 atom stereocenters. The van der Waals surface area contributed by atoms with Gasteiger partial charge in [-0.05, 0) is 138 Å². The zero-order valence-corrected chi connectivity index (χ0v) is 36.1. The fourth-order valence-corrected chi connectivity index (χ4v) is 10.8. The van der Waals surface area contributed by atoms with Crippen molar-refractivity contribution in [1.29, 1.82) is 0 Å². The maximum Gasteiger partial charge on any atom is 0.243 e. The van der Waals surface area contributed by atoms with E-state index in [1.54, 1.807) is 28.6 Å². The summed E-state index contributed by atoms with van der Waals surface area (Å²) in [6.07, 6.45) is 12.4. The number of sulfonamides is 1. The van der Waals surface area contributed by atoms with Gasteiger partial charge in [-0.3, -0.25) is 9.97 Å². The Morgan fingerprint density at radius 1 is 0.737 bits per heavy atom. The quantitative estimate of drug-likeness (QED) is 0.149. The average molecular weight is 901 g/mol. The third-order valence-corrected chi connectivity index (χ3v) is 14.2. The van der Waals surface area contributed by atoms with Crippen LogP contribution in [0.15, 0.2) is 81.2 Å². The van der Waals surface area contributed by atoms with E-state index in [4.69, 9.17) is 19.0 Å². The number of aryl methyl sites for hydroxylation is 5. The summed E-state index contributed by atoms with van der Waals surface area (Å²) in [6, 6.07) is 13.1. The van der Waals surface area contributed by atoms with Crippen molar-refractivity contribution in [2.75, 3.05) is 26.2 Å². The Morgan fingerprint density at radius 3 is 1.82 bits per heavy atom. The molecule has 14 heteroatoms. The molecule has 1 aromatic carbocycles. The van der Waals surface area contributed by atoms with Crippen molar-refractivity contribution >= 4 is 54.7 Å². The van der Waals surface area contributed by atoms with Crippen LogP contribution in [-0.4, -0.2) is 68.3 Å². The summed E-state index contributed by atoms with van der Waals surface area (Å²) in [7, 11) is -3.43. The molecule has 7 aromatic rings. The maximum atomic E-state index is 12.9. The molecule has 0 radical (unpaired) electrons. The molecule has 0 bridgehead atoms. The zero-order valence-electron chi connectivity index (χ0n) is 33.1. The molecule has 0 saturated carbocycles. The van der Waals surface area contributed by atoms with E-state index in [0.29, 0.717) is 23.9 Å². The summed E-state index contributed by atoms with van der Waals surface area (Å²) < 4.78 is 44.0. The number of aromatic nitrogens is 6. The van der Waals surface area contributed by atoms with Gasteiger partial charge in [-0.1, -0.05) is 28.5 Å². The first-order chi connectivity index (χ1) is 27.5. The van der Waals surface area contributed by atoms with Gasteiger partial charge in [0.2, 0.25) is 10.0 Å². The van der Waals surface area contributed by atoms with Crippen molar-refractivity contribution in [3.05, 3.63) is 99.3 Å². The van der Waals surface area contributed by atoms with E-state index in [0.717, 1.165) is 112 Å². The van der Waals surface area contributed by atoms with Crippen molar-refractivity contribution in [3.63, 3.8) is 0 Å². The molecule has 0 aliphatic carbocycles. The highest BCUT2D eigenvalue weighted by molar-refractivity contribution is 14.1. The summed E-state index contributed by atoms with van der Waals surface area (Å²) in [5, 5.41) is 11.6. The third-order valence-electron chi connectivity index (χ3n) is 11.5. The van der Waals surface area contributed by atoms with Crippen LogP contribution in [0.3, 0.4) is 0 Å². The average Bonchev–Trinajstić information content (AvgIpc) is 3.94. The molecule has 2 fully saturated rings. The standard InChI is InChI=1S/C25H28N4O3S.C18H21IN4O/c1-17-15-28(23-13-21(14-26-25(17)23)24-18(2)27-32-19(24)3)16-20-9-11-29(12-10-20)33(30,31)22-7-5-4-6-8-22;1-11-17(12(2)24-22-11)14-7-16-18(21-8-14)15(19)10-23(16)9-13-3-5-20-6-4-13/h4-8,13-15,20H,9-12,16H2,1-3H3;7-8,10,13,20H,3-6,9H2,1-2H3. The van der Waals surface area contributed by atoms with Crippen molar-refractivity contribution in [3.8, 4) is 22.3 Å². The summed E-state index contributed by atoms with van der Waals surface area (Å²) in [6.45, 7) is 15.1. The minimum absolute atomic E-state index is 0.369. The van der Waals surface area contributed by atoms with Crippen LogP contribution in [0.2, 0.25) is 0 Å². The molecule has 0 spiro atoms. The van der Waals surface area contributed by atoms with Crippen LogP contribution in [0, 0.1) is 50.0 Å². The zero-order chi connectivity index (χ0) is 39.8. The maximum absolute atomic E-state index is 12.9. The summed E-state index contributed by atoms with van der Waals surface area (Å²) in [4.78, 5) is 9.82. The van der Waals surface area contributed by atoms with E-state index in [2.05, 4.69) is 78.8 Å². The second-order valence-corrected chi connectivity index (χ2v) is 18.6. The normalized spacial score (nSPS) is 16.0. The molecule has 12 nitrogen and oxygen atoms in total. The lowest BCUT2D eigenvalue weighted by Gasteiger charge is -2.31. The van der Waals surface area contributed by atoms with Gasteiger partial charge in [-0.2, -0.15) is 4.31 Å². The molecule has 6 aromatic heterocycles. The van der Waals surface area contributed by atoms with Crippen LogP contribution in [0.25, 0.3) is 44.3 Å². The van der Waals surface area contributed by atoms with Crippen molar-refractivity contribution in [2.45, 2.75) is 78.3 Å². The predicted molar refractivity (Wildman–Crippen MR) is 230 cm³/mol. The van der Waals surface area contributed by atoms with E-state index in [1.807, 2.05) is 46.2 Å². The lowest BCUT2D eigenvalue weighted by molar-refractivity contribution is 0.254. The number of piperidine rings is 2. The first-order valence-electron chi connectivity index (χ1n) is 19.7. The van der Waals surface area contributed by atoms with Crippen molar-refractivity contribution < 1.29 is 17.5 Å². The molecule has 8 heterocycles. The topological polar surface area (TPSA) is 137 Å². The van der Waals surface area contributed by atoms with Gasteiger partial charge in [0, 0.05) is 73.2 Å². The number of nitrogens with zero attached hydrogens (tertiary/aromatic N) is 7. The molecule has 2 saturated heterocycles. The van der Waals surface area contributed by atoms with Gasteiger partial charge in [-0.25, -0.2) is 8.42 Å². The molecule has 2 aliphatic rings. The lowest BCUT2D eigenvalue weighted by Crippen LogP contribution is -2.39. The highest BCUT2D eigenvalue weighted by atomic mass is 127. The fourth-order valence-electron chi connectivity index (χ4n) is 8.52. The van der Waals surface area contributed by atoms with Crippen LogP contribution < -0.4 is 5.32 Å². The Hall–Kier alpha value is -4.38. The second-order valence-electron chi connectivity index (χ2n) is 15.5. The molecule has 1 N–H and O–H groups in total. The van der Waals surface area contributed by atoms with Crippen LogP contribution in [-0.2, 0) is 23.1 Å². The number of benzene rings is 1. The van der Waals surface area contributed by atoms with Crippen molar-refractivity contribution in [1.82, 2.24) is 39.0 Å². The Morgan fingerprint density at radius 2 is 1.26 bits per heavy atom. The molecular weight excluding hydrogens is 851 g/mol. The van der Waals surface area contributed by atoms with E-state index in [-0.39, 0.29) is 0 Å². The summed E-state index contributed by atoms with van der Waals surface area (Å²) in [5.41, 5.74) is 11.4. The van der Waals surface area contributed by atoms with Gasteiger partial charge in [0.25, 0.3) is 0 Å².